The molecule has 6 rings (SSSR count). The summed E-state index contributed by atoms with van der Waals surface area (Å²) >= 11 is 3.84. The van der Waals surface area contributed by atoms with Gasteiger partial charge < -0.3 is 15.4 Å². The van der Waals surface area contributed by atoms with Crippen LogP contribution in [0.15, 0.2) is 27.2 Å². The van der Waals surface area contributed by atoms with Crippen molar-refractivity contribution in [2.24, 2.45) is 28.2 Å². The first-order chi connectivity index (χ1) is 12.2. The van der Waals surface area contributed by atoms with E-state index in [1.165, 1.54) is 36.1 Å². The highest BCUT2D eigenvalue weighted by molar-refractivity contribution is 9.11. The van der Waals surface area contributed by atoms with Crippen LogP contribution in [0.25, 0.3) is 0 Å². The quantitative estimate of drug-likeness (QED) is 0.585. The maximum atomic E-state index is 5.97. The smallest absolute Gasteiger partial charge is 0.210 e. The monoisotopic (exact) mass is 405 g/mol. The SMILES string of the molecule is COC12CC3CC4C(NC5=C(Br)CC[NH+]5CCNC5=CN=C5)C(C1)C342. The molecule has 4 aliphatic carbocycles. The van der Waals surface area contributed by atoms with Crippen molar-refractivity contribution in [3.05, 3.63) is 22.2 Å². The van der Waals surface area contributed by atoms with Gasteiger partial charge in [-0.1, -0.05) is 0 Å². The van der Waals surface area contributed by atoms with Crippen LogP contribution < -0.4 is 15.5 Å². The largest absolute Gasteiger partial charge is 0.378 e. The third kappa shape index (κ3) is 1.61. The van der Waals surface area contributed by atoms with Crippen molar-refractivity contribution in [3.8, 4) is 0 Å². The molecule has 0 aromatic rings. The van der Waals surface area contributed by atoms with Crippen molar-refractivity contribution in [1.82, 2.24) is 10.6 Å². The zero-order chi connectivity index (χ0) is 16.8. The van der Waals surface area contributed by atoms with E-state index in [0.29, 0.717) is 11.5 Å². The number of allylic oxidation sites excluding steroid dienone is 1. The molecular formula is C19H26BrN4O+. The van der Waals surface area contributed by atoms with Crippen LogP contribution >= 0.6 is 15.9 Å². The number of ether oxygens (including phenoxy) is 1. The number of hydrogen-bond acceptors (Lipinski definition) is 4. The fraction of sp³-hybridized carbons (Fsp3) is 0.737. The lowest BCUT2D eigenvalue weighted by atomic mass is 9.15. The number of methoxy groups -OCH3 is 1. The van der Waals surface area contributed by atoms with Crippen molar-refractivity contribution in [3.63, 3.8) is 0 Å². The molecule has 0 radical (unpaired) electrons. The van der Waals surface area contributed by atoms with Gasteiger partial charge in [0, 0.05) is 25.0 Å². The van der Waals surface area contributed by atoms with Gasteiger partial charge in [-0.05, 0) is 52.9 Å². The molecule has 3 N–H and O–H groups in total. The first-order valence-corrected chi connectivity index (χ1v) is 10.5. The molecular weight excluding hydrogens is 380 g/mol. The van der Waals surface area contributed by atoms with E-state index in [-0.39, 0.29) is 5.60 Å². The molecule has 0 bridgehead atoms. The molecule has 2 aliphatic heterocycles. The molecule has 0 aromatic carbocycles. The summed E-state index contributed by atoms with van der Waals surface area (Å²) in [6, 6.07) is 0.685. The summed E-state index contributed by atoms with van der Waals surface area (Å²) < 4.78 is 7.36. The van der Waals surface area contributed by atoms with Gasteiger partial charge in [0.15, 0.2) is 0 Å². The Balaban J connectivity index is 1.11. The van der Waals surface area contributed by atoms with Crippen molar-refractivity contribution >= 4 is 22.1 Å². The van der Waals surface area contributed by atoms with Crippen LogP contribution in [0.1, 0.15) is 25.7 Å². The highest BCUT2D eigenvalue weighted by Gasteiger charge is 2.91. The average molecular weight is 406 g/mol. The second-order valence-corrected chi connectivity index (χ2v) is 9.74. The standard InChI is InChI=1S/C19H25BrN4O/c1-25-18-7-11-6-13-16(14(8-18)19(11,13)18)23-17-15(20)2-4-24(17)5-3-22-12-9-21-10-12/h9-11,13-14,16,22-23H,2-8H2,1H3/p+1. The van der Waals surface area contributed by atoms with Crippen LogP contribution in [0.5, 0.6) is 0 Å². The van der Waals surface area contributed by atoms with E-state index in [0.717, 1.165) is 43.0 Å². The van der Waals surface area contributed by atoms with Gasteiger partial charge in [-0.2, -0.15) is 0 Å². The van der Waals surface area contributed by atoms with E-state index in [1.807, 2.05) is 19.5 Å². The third-order valence-corrected chi connectivity index (χ3v) is 9.17. The molecule has 25 heavy (non-hydrogen) atoms. The molecule has 7 unspecified atom stereocenters. The number of hydrogen-bond donors (Lipinski definition) is 3. The molecule has 4 saturated carbocycles. The lowest BCUT2D eigenvalue weighted by molar-refractivity contribution is -0.857. The van der Waals surface area contributed by atoms with Crippen molar-refractivity contribution in [2.45, 2.75) is 37.3 Å². The lowest BCUT2D eigenvalue weighted by Crippen LogP contribution is -3.11. The summed E-state index contributed by atoms with van der Waals surface area (Å²) in [6.45, 7) is 3.30. The Hall–Kier alpha value is -0.850. The van der Waals surface area contributed by atoms with Crippen LogP contribution in [0.4, 0.5) is 0 Å². The van der Waals surface area contributed by atoms with Gasteiger partial charge in [0.25, 0.3) is 0 Å². The van der Waals surface area contributed by atoms with Crippen LogP contribution in [0, 0.1) is 23.2 Å². The molecule has 1 spiro atoms. The molecule has 0 amide bonds. The second-order valence-electron chi connectivity index (χ2n) is 8.78. The third-order valence-electron chi connectivity index (χ3n) is 8.38. The van der Waals surface area contributed by atoms with Gasteiger partial charge in [-0.3, -0.25) is 9.89 Å². The van der Waals surface area contributed by atoms with Crippen LogP contribution in [-0.2, 0) is 4.74 Å². The molecule has 134 valence electrons. The number of rotatable bonds is 7. The zero-order valence-corrected chi connectivity index (χ0v) is 16.2. The van der Waals surface area contributed by atoms with Crippen LogP contribution in [0.3, 0.4) is 0 Å². The number of quaternary nitrogens is 1. The van der Waals surface area contributed by atoms with Gasteiger partial charge in [-0.15, -0.1) is 0 Å². The van der Waals surface area contributed by atoms with Crippen molar-refractivity contribution in [1.29, 1.82) is 0 Å². The Bertz CT molecular complexity index is 725. The minimum Gasteiger partial charge on any atom is -0.378 e. The molecule has 0 saturated heterocycles. The first-order valence-electron chi connectivity index (χ1n) is 9.72. The Kier molecular flexibility index (Phi) is 2.98. The average Bonchev–Trinajstić information content (AvgIpc) is 2.84. The molecule has 2 heterocycles. The summed E-state index contributed by atoms with van der Waals surface area (Å²) in [4.78, 5) is 5.59. The summed E-state index contributed by atoms with van der Waals surface area (Å²) in [7, 11) is 1.94. The number of aliphatic imine (C=N–C) groups is 1. The van der Waals surface area contributed by atoms with E-state index >= 15 is 0 Å². The Morgan fingerprint density at radius 1 is 1.40 bits per heavy atom. The van der Waals surface area contributed by atoms with E-state index in [1.54, 1.807) is 4.90 Å². The molecule has 4 fully saturated rings. The molecule has 0 aromatic heterocycles. The van der Waals surface area contributed by atoms with E-state index in [9.17, 15) is 0 Å². The molecule has 7 atom stereocenters. The highest BCUT2D eigenvalue weighted by Crippen LogP contribution is 2.89. The number of nitrogens with one attached hydrogen (secondary N) is 3. The topological polar surface area (TPSA) is 50.1 Å². The van der Waals surface area contributed by atoms with Crippen LogP contribution in [-0.4, -0.2) is 44.6 Å². The minimum absolute atomic E-state index is 0.277. The Morgan fingerprint density at radius 3 is 2.96 bits per heavy atom. The van der Waals surface area contributed by atoms with Crippen LogP contribution in [0.2, 0.25) is 0 Å². The summed E-state index contributed by atoms with van der Waals surface area (Å²) in [6.07, 6.45) is 8.97. The first kappa shape index (κ1) is 15.2. The number of halogens is 1. The fourth-order valence-electron chi connectivity index (χ4n) is 7.29. The summed E-state index contributed by atoms with van der Waals surface area (Å²) in [5.41, 5.74) is 2.02. The predicted octanol–water partition coefficient (Wildman–Crippen LogP) is 0.758. The van der Waals surface area contributed by atoms with E-state index < -0.39 is 0 Å². The maximum Gasteiger partial charge on any atom is 0.210 e. The normalized spacial score (nSPS) is 50.3. The molecule has 6 heteroatoms. The maximum absolute atomic E-state index is 5.97. The summed E-state index contributed by atoms with van der Waals surface area (Å²) in [5.74, 6) is 4.11. The number of nitrogens with zero attached hydrogens (tertiary/aromatic N) is 1. The van der Waals surface area contributed by atoms with Gasteiger partial charge >= 0.3 is 0 Å². The molecule has 5 nitrogen and oxygen atoms in total. The molecule has 6 aliphatic rings. The predicted molar refractivity (Wildman–Crippen MR) is 99.3 cm³/mol. The highest BCUT2D eigenvalue weighted by atomic mass is 79.9. The minimum atomic E-state index is 0.277. The van der Waals surface area contributed by atoms with E-state index in [4.69, 9.17) is 4.74 Å². The second kappa shape index (κ2) is 4.90. The Morgan fingerprint density at radius 2 is 2.28 bits per heavy atom. The van der Waals surface area contributed by atoms with Gasteiger partial charge in [-0.25, -0.2) is 0 Å². The Labute approximate surface area is 157 Å². The van der Waals surface area contributed by atoms with Gasteiger partial charge in [0.1, 0.15) is 6.54 Å². The van der Waals surface area contributed by atoms with Gasteiger partial charge in [0.05, 0.1) is 41.3 Å². The fourth-order valence-corrected chi connectivity index (χ4v) is 7.88. The van der Waals surface area contributed by atoms with Crippen molar-refractivity contribution in [2.75, 3.05) is 26.7 Å². The summed E-state index contributed by atoms with van der Waals surface area (Å²) in [5, 5.41) is 7.44. The van der Waals surface area contributed by atoms with E-state index in [2.05, 4.69) is 31.6 Å². The zero-order valence-electron chi connectivity index (χ0n) is 14.6. The van der Waals surface area contributed by atoms with Gasteiger partial charge in [0.2, 0.25) is 5.82 Å². The lowest BCUT2D eigenvalue weighted by Gasteiger charge is -2.92. The van der Waals surface area contributed by atoms with Crippen molar-refractivity contribution < 1.29 is 9.64 Å².